The summed E-state index contributed by atoms with van der Waals surface area (Å²) in [7, 11) is 1.86. The quantitative estimate of drug-likeness (QED) is 0.652. The van der Waals surface area contributed by atoms with Gasteiger partial charge in [-0.1, -0.05) is 12.1 Å². The first-order valence-corrected chi connectivity index (χ1v) is 10.3. The van der Waals surface area contributed by atoms with E-state index >= 15 is 0 Å². The number of rotatable bonds is 5. The molecule has 0 bridgehead atoms. The molecule has 0 atom stereocenters. The maximum absolute atomic E-state index is 13.2. The molecule has 0 aliphatic carbocycles. The monoisotopic (exact) mass is 404 g/mol. The fourth-order valence-corrected chi connectivity index (χ4v) is 4.05. The van der Waals surface area contributed by atoms with Gasteiger partial charge in [0, 0.05) is 50.0 Å². The zero-order valence-electron chi connectivity index (χ0n) is 17.8. The highest BCUT2D eigenvalue weighted by Gasteiger charge is 2.20. The SMILES string of the molecule is Cc1cc(C(=O)N(C)Cc2ccc(N3CCOCC3)cc2)c(C)n1-c1cccnc1. The van der Waals surface area contributed by atoms with E-state index in [9.17, 15) is 4.79 Å². The number of ether oxygens (including phenoxy) is 1. The fraction of sp³-hybridized carbons (Fsp3) is 0.333. The van der Waals surface area contributed by atoms with E-state index in [0.717, 1.165) is 54.5 Å². The van der Waals surface area contributed by atoms with Crippen LogP contribution in [0.4, 0.5) is 5.69 Å². The molecule has 30 heavy (non-hydrogen) atoms. The van der Waals surface area contributed by atoms with Gasteiger partial charge in [0.05, 0.1) is 30.7 Å². The van der Waals surface area contributed by atoms with Gasteiger partial charge in [0.1, 0.15) is 0 Å². The molecular formula is C24H28N4O2. The predicted molar refractivity (Wildman–Crippen MR) is 118 cm³/mol. The van der Waals surface area contributed by atoms with Crippen LogP contribution in [0.2, 0.25) is 0 Å². The number of morpholine rings is 1. The molecule has 6 nitrogen and oxygen atoms in total. The van der Waals surface area contributed by atoms with Crippen LogP contribution in [-0.4, -0.2) is 53.7 Å². The van der Waals surface area contributed by atoms with Crippen molar-refractivity contribution in [1.82, 2.24) is 14.5 Å². The Bertz CT molecular complexity index is 1010. The van der Waals surface area contributed by atoms with Gasteiger partial charge >= 0.3 is 0 Å². The number of hydrogen-bond acceptors (Lipinski definition) is 4. The third kappa shape index (κ3) is 4.09. The Hall–Kier alpha value is -3.12. The molecule has 1 saturated heterocycles. The minimum atomic E-state index is 0.0236. The maximum atomic E-state index is 13.2. The zero-order valence-corrected chi connectivity index (χ0v) is 17.8. The van der Waals surface area contributed by atoms with E-state index < -0.39 is 0 Å². The molecule has 3 aromatic rings. The molecule has 1 amide bonds. The van der Waals surface area contributed by atoms with E-state index in [1.165, 1.54) is 5.69 Å². The molecule has 2 aromatic heterocycles. The Labute approximate surface area is 177 Å². The molecular weight excluding hydrogens is 376 g/mol. The molecule has 4 rings (SSSR count). The molecule has 0 saturated carbocycles. The molecule has 0 radical (unpaired) electrons. The smallest absolute Gasteiger partial charge is 0.255 e. The summed E-state index contributed by atoms with van der Waals surface area (Å²) in [6.45, 7) is 7.96. The standard InChI is InChI=1S/C24H28N4O2/c1-18-15-23(19(2)28(18)22-5-4-10-25-16-22)24(29)26(3)17-20-6-8-21(9-7-20)27-11-13-30-14-12-27/h4-10,15-16H,11-14,17H2,1-3H3. The van der Waals surface area contributed by atoms with Crippen LogP contribution in [0.25, 0.3) is 5.69 Å². The van der Waals surface area contributed by atoms with E-state index in [-0.39, 0.29) is 5.91 Å². The lowest BCUT2D eigenvalue weighted by Gasteiger charge is -2.29. The summed E-state index contributed by atoms with van der Waals surface area (Å²) in [5.74, 6) is 0.0236. The molecule has 1 aliphatic heterocycles. The van der Waals surface area contributed by atoms with Crippen molar-refractivity contribution in [3.8, 4) is 5.69 Å². The largest absolute Gasteiger partial charge is 0.378 e. The summed E-state index contributed by atoms with van der Waals surface area (Å²) in [4.78, 5) is 21.5. The molecule has 1 aromatic carbocycles. The molecule has 3 heterocycles. The summed E-state index contributed by atoms with van der Waals surface area (Å²) in [6, 6.07) is 14.3. The lowest BCUT2D eigenvalue weighted by atomic mass is 10.1. The minimum absolute atomic E-state index is 0.0236. The number of pyridine rings is 1. The van der Waals surface area contributed by atoms with Crippen LogP contribution in [0.1, 0.15) is 27.3 Å². The minimum Gasteiger partial charge on any atom is -0.378 e. The number of aromatic nitrogens is 2. The van der Waals surface area contributed by atoms with Crippen molar-refractivity contribution in [3.63, 3.8) is 0 Å². The second-order valence-corrected chi connectivity index (χ2v) is 7.76. The van der Waals surface area contributed by atoms with Gasteiger partial charge in [-0.05, 0) is 49.7 Å². The van der Waals surface area contributed by atoms with Crippen LogP contribution in [0.5, 0.6) is 0 Å². The van der Waals surface area contributed by atoms with Crippen molar-refractivity contribution in [1.29, 1.82) is 0 Å². The predicted octanol–water partition coefficient (Wildman–Crippen LogP) is 3.60. The summed E-state index contributed by atoms with van der Waals surface area (Å²) < 4.78 is 7.50. The second kappa shape index (κ2) is 8.71. The number of carbonyl (C=O) groups is 1. The molecule has 156 valence electrons. The number of benzene rings is 1. The van der Waals surface area contributed by atoms with E-state index in [4.69, 9.17) is 4.74 Å². The third-order valence-electron chi connectivity index (χ3n) is 5.64. The van der Waals surface area contributed by atoms with E-state index in [2.05, 4.69) is 38.7 Å². The average molecular weight is 405 g/mol. The Kier molecular flexibility index (Phi) is 5.86. The Morgan fingerprint density at radius 2 is 1.83 bits per heavy atom. The van der Waals surface area contributed by atoms with Gasteiger partial charge in [-0.15, -0.1) is 0 Å². The summed E-state index contributed by atoms with van der Waals surface area (Å²) in [5, 5.41) is 0. The lowest BCUT2D eigenvalue weighted by molar-refractivity contribution is 0.0784. The van der Waals surface area contributed by atoms with E-state index in [1.54, 1.807) is 11.1 Å². The topological polar surface area (TPSA) is 50.6 Å². The Balaban J connectivity index is 1.48. The number of aryl methyl sites for hydroxylation is 1. The van der Waals surface area contributed by atoms with Crippen LogP contribution in [0, 0.1) is 13.8 Å². The van der Waals surface area contributed by atoms with Crippen LogP contribution >= 0.6 is 0 Å². The highest BCUT2D eigenvalue weighted by Crippen LogP contribution is 2.22. The lowest BCUT2D eigenvalue weighted by Crippen LogP contribution is -2.36. The fourth-order valence-electron chi connectivity index (χ4n) is 4.05. The van der Waals surface area contributed by atoms with Gasteiger partial charge in [-0.2, -0.15) is 0 Å². The Morgan fingerprint density at radius 1 is 1.10 bits per heavy atom. The van der Waals surface area contributed by atoms with Gasteiger partial charge < -0.3 is 19.1 Å². The molecule has 0 N–H and O–H groups in total. The third-order valence-corrected chi connectivity index (χ3v) is 5.64. The highest BCUT2D eigenvalue weighted by atomic mass is 16.5. The number of carbonyl (C=O) groups excluding carboxylic acids is 1. The molecule has 0 spiro atoms. The van der Waals surface area contributed by atoms with E-state index in [0.29, 0.717) is 6.54 Å². The van der Waals surface area contributed by atoms with Crippen molar-refractivity contribution < 1.29 is 9.53 Å². The van der Waals surface area contributed by atoms with E-state index in [1.807, 2.05) is 45.3 Å². The first-order valence-electron chi connectivity index (χ1n) is 10.3. The zero-order chi connectivity index (χ0) is 21.1. The second-order valence-electron chi connectivity index (χ2n) is 7.76. The first-order chi connectivity index (χ1) is 14.5. The highest BCUT2D eigenvalue weighted by molar-refractivity contribution is 5.95. The van der Waals surface area contributed by atoms with Gasteiger partial charge in [-0.3, -0.25) is 9.78 Å². The molecule has 1 aliphatic rings. The maximum Gasteiger partial charge on any atom is 0.255 e. The number of hydrogen-bond donors (Lipinski definition) is 0. The number of anilines is 1. The van der Waals surface area contributed by atoms with Gasteiger partial charge in [-0.25, -0.2) is 0 Å². The van der Waals surface area contributed by atoms with Crippen LogP contribution in [-0.2, 0) is 11.3 Å². The summed E-state index contributed by atoms with van der Waals surface area (Å²) in [6.07, 6.45) is 3.57. The average Bonchev–Trinajstić information content (AvgIpc) is 3.08. The van der Waals surface area contributed by atoms with Gasteiger partial charge in [0.25, 0.3) is 5.91 Å². The van der Waals surface area contributed by atoms with Crippen molar-refractivity contribution in [2.75, 3.05) is 38.3 Å². The molecule has 6 heteroatoms. The summed E-state index contributed by atoms with van der Waals surface area (Å²) >= 11 is 0. The van der Waals surface area contributed by atoms with Crippen molar-refractivity contribution in [3.05, 3.63) is 77.4 Å². The number of amides is 1. The number of nitrogens with zero attached hydrogens (tertiary/aromatic N) is 4. The van der Waals surface area contributed by atoms with Crippen LogP contribution in [0.3, 0.4) is 0 Å². The van der Waals surface area contributed by atoms with Crippen LogP contribution in [0.15, 0.2) is 54.9 Å². The van der Waals surface area contributed by atoms with Gasteiger partial charge in [0.2, 0.25) is 0 Å². The van der Waals surface area contributed by atoms with Crippen molar-refractivity contribution in [2.24, 2.45) is 0 Å². The molecule has 1 fully saturated rings. The molecule has 0 unspecified atom stereocenters. The first kappa shape index (κ1) is 20.2. The van der Waals surface area contributed by atoms with Gasteiger partial charge in [0.15, 0.2) is 0 Å². The normalized spacial score (nSPS) is 14.0. The Morgan fingerprint density at radius 3 is 2.50 bits per heavy atom. The van der Waals surface area contributed by atoms with Crippen LogP contribution < -0.4 is 4.90 Å². The van der Waals surface area contributed by atoms with Crippen molar-refractivity contribution in [2.45, 2.75) is 20.4 Å². The summed E-state index contributed by atoms with van der Waals surface area (Å²) in [5.41, 5.74) is 5.96. The van der Waals surface area contributed by atoms with Crippen molar-refractivity contribution >= 4 is 11.6 Å².